The summed E-state index contributed by atoms with van der Waals surface area (Å²) in [5.74, 6) is -0.445. The van der Waals surface area contributed by atoms with Gasteiger partial charge in [0.25, 0.3) is 5.91 Å². The number of nitrogens with one attached hydrogen (secondary N) is 3. The van der Waals surface area contributed by atoms with E-state index in [1.807, 2.05) is 65.0 Å². The second kappa shape index (κ2) is 14.6. The number of aliphatic hydroxyl groups excluding tert-OH is 1. The molecule has 2 aromatic carbocycles. The van der Waals surface area contributed by atoms with Crippen molar-refractivity contribution < 1.29 is 37.3 Å². The van der Waals surface area contributed by atoms with Gasteiger partial charge < -0.3 is 35.3 Å². The zero-order valence-corrected chi connectivity index (χ0v) is 29.3. The van der Waals surface area contributed by atoms with Gasteiger partial charge in [-0.05, 0) is 70.2 Å². The molecule has 12 nitrogen and oxygen atoms in total. The Hall–Kier alpha value is -3.49. The molecular weight excluding hydrogens is 636 g/mol. The molecule has 3 heterocycles. The summed E-state index contributed by atoms with van der Waals surface area (Å²) in [6.45, 7) is 12.1. The first-order valence-electron chi connectivity index (χ1n) is 16.5. The number of aliphatic hydroxyl groups is 1. The van der Waals surface area contributed by atoms with Gasteiger partial charge in [-0.3, -0.25) is 4.79 Å². The number of carbonyl (C=O) groups is 2. The third kappa shape index (κ3) is 8.38. The lowest BCUT2D eigenvalue weighted by molar-refractivity contribution is -0.110. The number of hydrogen-bond donors (Lipinski definition) is 4. The first-order valence-corrected chi connectivity index (χ1v) is 17.9. The van der Waals surface area contributed by atoms with Crippen molar-refractivity contribution in [3.05, 3.63) is 65.4 Å². The Morgan fingerprint density at radius 2 is 1.85 bits per heavy atom. The topological polar surface area (TPSA) is 156 Å². The molecule has 5 atom stereocenters. The van der Waals surface area contributed by atoms with Gasteiger partial charge in [-0.2, -0.15) is 4.31 Å². The van der Waals surface area contributed by atoms with Crippen LogP contribution in [0.1, 0.15) is 59.1 Å². The molecule has 2 fully saturated rings. The smallest absolute Gasteiger partial charge is 0.407 e. The van der Waals surface area contributed by atoms with Gasteiger partial charge in [0.1, 0.15) is 6.10 Å². The van der Waals surface area contributed by atoms with Gasteiger partial charge in [-0.15, -0.1) is 0 Å². The number of alkyl carbamates (subject to hydrolysis) is 1. The van der Waals surface area contributed by atoms with Crippen molar-refractivity contribution in [1.82, 2.24) is 14.9 Å². The fourth-order valence-corrected chi connectivity index (χ4v) is 8.14. The largest absolute Gasteiger partial charge is 0.443 e. The summed E-state index contributed by atoms with van der Waals surface area (Å²) < 4.78 is 46.6. The number of allylic oxidation sites excluding steroid dienone is 1. The number of ether oxygens (including phenoxy) is 3. The normalized spacial score (nSPS) is 23.0. The van der Waals surface area contributed by atoms with Crippen LogP contribution in [0.2, 0.25) is 0 Å². The van der Waals surface area contributed by atoms with Gasteiger partial charge in [0.2, 0.25) is 10.0 Å². The first kappa shape index (κ1) is 35.8. The van der Waals surface area contributed by atoms with Crippen LogP contribution >= 0.6 is 0 Å². The second-order valence-electron chi connectivity index (χ2n) is 14.2. The van der Waals surface area contributed by atoms with E-state index in [2.05, 4.69) is 16.0 Å². The summed E-state index contributed by atoms with van der Waals surface area (Å²) in [4.78, 5) is 26.1. The lowest BCUT2D eigenvalue weighted by Gasteiger charge is -2.31. The van der Waals surface area contributed by atoms with Crippen molar-refractivity contribution in [3.63, 3.8) is 0 Å². The molecule has 48 heavy (non-hydrogen) atoms. The van der Waals surface area contributed by atoms with Gasteiger partial charge in [0.05, 0.1) is 41.7 Å². The van der Waals surface area contributed by atoms with Gasteiger partial charge >= 0.3 is 6.09 Å². The summed E-state index contributed by atoms with van der Waals surface area (Å²) in [7, 11) is -4.16. The van der Waals surface area contributed by atoms with Gasteiger partial charge in [0, 0.05) is 35.6 Å². The van der Waals surface area contributed by atoms with Crippen LogP contribution in [0.15, 0.2) is 59.1 Å². The Balaban J connectivity index is 1.39. The Kier molecular flexibility index (Phi) is 10.9. The molecule has 0 spiro atoms. The summed E-state index contributed by atoms with van der Waals surface area (Å²) >= 11 is 0. The van der Waals surface area contributed by atoms with Crippen LogP contribution in [-0.2, 0) is 35.4 Å². The monoisotopic (exact) mass is 684 g/mol. The van der Waals surface area contributed by atoms with Crippen molar-refractivity contribution in [3.8, 4) is 0 Å². The number of carbonyl (C=O) groups excluding carboxylic acids is 2. The number of benzene rings is 2. The van der Waals surface area contributed by atoms with Crippen molar-refractivity contribution >= 4 is 33.3 Å². The molecule has 2 amide bonds. The van der Waals surface area contributed by atoms with E-state index in [1.165, 1.54) is 16.4 Å². The molecule has 0 aliphatic carbocycles. The highest BCUT2D eigenvalue weighted by Crippen LogP contribution is 2.36. The Morgan fingerprint density at radius 3 is 2.54 bits per heavy atom. The standard InChI is InChI=1S/C35H48N4O8S/c1-21(2)18-39(48(43,44)24-12-13-27-26(17-24)31(32(41)36-27)22(3)38-35(4,5)6)19-29(40)28(16-23-10-8-7-9-11-23)37-34(42)47-30-20-46-33-25(30)14-15-45-33/h7-13,17,21,25,28-30,33,38,40H,14-16,18-20H2,1-6H3,(H,36,41)(H,37,42)/b31-22+. The molecule has 3 aliphatic heterocycles. The van der Waals surface area contributed by atoms with Crippen molar-refractivity contribution in [2.45, 2.75) is 89.4 Å². The van der Waals surface area contributed by atoms with E-state index in [9.17, 15) is 23.1 Å². The van der Waals surface area contributed by atoms with Crippen molar-refractivity contribution in [2.24, 2.45) is 11.8 Å². The maximum atomic E-state index is 14.3. The summed E-state index contributed by atoms with van der Waals surface area (Å²) in [5, 5.41) is 20.6. The predicted molar refractivity (Wildman–Crippen MR) is 181 cm³/mol. The van der Waals surface area contributed by atoms with Crippen LogP contribution in [0.4, 0.5) is 10.5 Å². The number of fused-ring (bicyclic) bond motifs is 2. The fraction of sp³-hybridized carbons (Fsp3) is 0.543. The molecule has 5 unspecified atom stereocenters. The molecule has 3 aliphatic rings. The van der Waals surface area contributed by atoms with Crippen LogP contribution in [0.5, 0.6) is 0 Å². The van der Waals surface area contributed by atoms with Gasteiger partial charge in [-0.1, -0.05) is 44.2 Å². The third-order valence-electron chi connectivity index (χ3n) is 8.58. The van der Waals surface area contributed by atoms with E-state index in [4.69, 9.17) is 14.2 Å². The van der Waals surface area contributed by atoms with E-state index in [0.717, 1.165) is 12.0 Å². The SMILES string of the molecule is C/C(NC(C)(C)C)=C1\C(=O)Nc2ccc(S(=O)(=O)N(CC(C)C)CC(O)C(Cc3ccccc3)NC(=O)OC3COC4OCCC34)cc21. The molecule has 5 rings (SSSR count). The molecular formula is C35H48N4O8S. The van der Waals surface area contributed by atoms with Gasteiger partial charge in [0.15, 0.2) is 6.29 Å². The lowest BCUT2D eigenvalue weighted by Crippen LogP contribution is -2.51. The predicted octanol–water partition coefficient (Wildman–Crippen LogP) is 3.86. The average molecular weight is 685 g/mol. The Morgan fingerprint density at radius 1 is 1.12 bits per heavy atom. The maximum absolute atomic E-state index is 14.3. The molecule has 0 radical (unpaired) electrons. The van der Waals surface area contributed by atoms with Crippen LogP contribution in [0.3, 0.4) is 0 Å². The van der Waals surface area contributed by atoms with Crippen molar-refractivity contribution in [2.75, 3.05) is 31.6 Å². The fourth-order valence-electron chi connectivity index (χ4n) is 6.49. The minimum atomic E-state index is -4.16. The molecule has 13 heteroatoms. The number of rotatable bonds is 12. The molecule has 0 bridgehead atoms. The number of amides is 2. The molecule has 4 N–H and O–H groups in total. The number of hydrogen-bond acceptors (Lipinski definition) is 9. The molecule has 0 aromatic heterocycles. The van der Waals surface area contributed by atoms with E-state index in [-0.39, 0.29) is 60.6 Å². The molecule has 262 valence electrons. The summed E-state index contributed by atoms with van der Waals surface area (Å²) in [6.07, 6.45) is -1.92. The highest BCUT2D eigenvalue weighted by Gasteiger charge is 2.44. The Labute approximate surface area is 283 Å². The average Bonchev–Trinajstić information content (AvgIpc) is 3.70. The zero-order valence-electron chi connectivity index (χ0n) is 28.5. The van der Waals surface area contributed by atoms with E-state index < -0.39 is 34.4 Å². The van der Waals surface area contributed by atoms with Crippen LogP contribution in [0, 0.1) is 11.8 Å². The highest BCUT2D eigenvalue weighted by molar-refractivity contribution is 7.89. The Bertz CT molecular complexity index is 1620. The number of anilines is 1. The zero-order chi connectivity index (χ0) is 34.8. The minimum Gasteiger partial charge on any atom is -0.443 e. The minimum absolute atomic E-state index is 0.00629. The summed E-state index contributed by atoms with van der Waals surface area (Å²) in [5.41, 5.74) is 2.54. The number of sulfonamides is 1. The van der Waals surface area contributed by atoms with E-state index in [1.54, 1.807) is 13.0 Å². The lowest BCUT2D eigenvalue weighted by atomic mass is 10.0. The third-order valence-corrected chi connectivity index (χ3v) is 10.4. The van der Waals surface area contributed by atoms with E-state index in [0.29, 0.717) is 29.1 Å². The molecule has 0 saturated carbocycles. The number of nitrogens with zero attached hydrogens (tertiary/aromatic N) is 1. The molecule has 2 saturated heterocycles. The van der Waals surface area contributed by atoms with Crippen LogP contribution in [-0.4, -0.2) is 86.2 Å². The molecule has 2 aromatic rings. The van der Waals surface area contributed by atoms with Gasteiger partial charge in [-0.25, -0.2) is 13.2 Å². The van der Waals surface area contributed by atoms with Crippen molar-refractivity contribution in [1.29, 1.82) is 0 Å². The van der Waals surface area contributed by atoms with Crippen LogP contribution < -0.4 is 16.0 Å². The quantitative estimate of drug-likeness (QED) is 0.244. The second-order valence-corrected chi connectivity index (χ2v) is 16.2. The summed E-state index contributed by atoms with van der Waals surface area (Å²) in [6, 6.07) is 13.0. The maximum Gasteiger partial charge on any atom is 0.407 e. The van der Waals surface area contributed by atoms with Crippen LogP contribution in [0.25, 0.3) is 5.57 Å². The highest BCUT2D eigenvalue weighted by atomic mass is 32.2. The first-order chi connectivity index (χ1) is 22.6. The van der Waals surface area contributed by atoms with E-state index >= 15 is 0 Å².